The predicted octanol–water partition coefficient (Wildman–Crippen LogP) is 6.20. The third-order valence-electron chi connectivity index (χ3n) is 9.32. The Balaban J connectivity index is 1.25. The number of H-pyrrole nitrogens is 1. The molecule has 7 rings (SSSR count). The number of imidazole rings is 1. The van der Waals surface area contributed by atoms with Crippen molar-refractivity contribution in [1.29, 1.82) is 0 Å². The second-order valence-electron chi connectivity index (χ2n) is 11.9. The largest absolute Gasteiger partial charge is 0.478 e. The summed E-state index contributed by atoms with van der Waals surface area (Å²) in [4.78, 5) is 33.4. The van der Waals surface area contributed by atoms with Gasteiger partial charge in [0.2, 0.25) is 0 Å². The van der Waals surface area contributed by atoms with E-state index in [-0.39, 0.29) is 17.1 Å². The molecule has 3 N–H and O–H groups in total. The summed E-state index contributed by atoms with van der Waals surface area (Å²) in [5.74, 6) is 2.29. The molecular weight excluding hydrogens is 454 g/mol. The highest BCUT2D eigenvalue weighted by molar-refractivity contribution is 6.05. The Hall–Kier alpha value is -2.67. The first-order valence-corrected chi connectivity index (χ1v) is 13.8. The normalized spacial score (nSPS) is 29.4. The molecule has 0 atom stereocenters. The molecule has 5 aliphatic rings. The summed E-state index contributed by atoms with van der Waals surface area (Å²) in [5, 5.41) is 12.4. The lowest BCUT2D eigenvalue weighted by Gasteiger charge is -2.56. The van der Waals surface area contributed by atoms with Crippen LogP contribution in [0.1, 0.15) is 114 Å². The van der Waals surface area contributed by atoms with Crippen LogP contribution in [-0.4, -0.2) is 32.6 Å². The average molecular weight is 492 g/mol. The van der Waals surface area contributed by atoms with E-state index in [1.54, 1.807) is 25.1 Å². The van der Waals surface area contributed by atoms with Gasteiger partial charge in [-0.15, -0.1) is 0 Å². The van der Waals surface area contributed by atoms with E-state index in [1.807, 2.05) is 0 Å². The zero-order chi connectivity index (χ0) is 24.9. The van der Waals surface area contributed by atoms with Crippen LogP contribution in [0, 0.1) is 24.7 Å². The van der Waals surface area contributed by atoms with Crippen molar-refractivity contribution in [3.8, 4) is 0 Å². The molecule has 1 aromatic carbocycles. The zero-order valence-electron chi connectivity index (χ0n) is 21.1. The summed E-state index contributed by atoms with van der Waals surface area (Å²) in [6.45, 7) is 2.08. The van der Waals surface area contributed by atoms with Crippen molar-refractivity contribution < 1.29 is 19.4 Å². The Bertz CT molecular complexity index is 1130. The van der Waals surface area contributed by atoms with Gasteiger partial charge in [-0.3, -0.25) is 4.79 Å². The smallest absolute Gasteiger partial charge is 0.336 e. The summed E-state index contributed by atoms with van der Waals surface area (Å²) < 4.78 is 6.72. The third-order valence-corrected chi connectivity index (χ3v) is 9.32. The molecule has 4 bridgehead atoms. The van der Waals surface area contributed by atoms with Crippen molar-refractivity contribution >= 4 is 17.6 Å². The first-order chi connectivity index (χ1) is 17.4. The quantitative estimate of drug-likeness (QED) is 0.428. The van der Waals surface area contributed by atoms with Crippen LogP contribution in [0.3, 0.4) is 0 Å². The van der Waals surface area contributed by atoms with E-state index in [4.69, 9.17) is 9.72 Å². The fourth-order valence-electron chi connectivity index (χ4n) is 7.91. The average Bonchev–Trinajstić information content (AvgIpc) is 3.28. The van der Waals surface area contributed by atoms with Gasteiger partial charge < -0.3 is 20.1 Å². The Morgan fingerprint density at radius 3 is 2.39 bits per heavy atom. The topological polar surface area (TPSA) is 104 Å². The number of aromatic carboxylic acids is 1. The van der Waals surface area contributed by atoms with Gasteiger partial charge in [0.25, 0.3) is 5.91 Å². The Kier molecular flexibility index (Phi) is 6.14. The Morgan fingerprint density at radius 2 is 1.75 bits per heavy atom. The van der Waals surface area contributed by atoms with Gasteiger partial charge in [0, 0.05) is 11.6 Å². The van der Waals surface area contributed by atoms with Crippen LogP contribution in [0.5, 0.6) is 0 Å². The fraction of sp³-hybridized carbons (Fsp3) is 0.621. The molecular formula is C29H37N3O4. The second kappa shape index (κ2) is 9.33. The molecule has 0 aliphatic heterocycles. The maximum absolute atomic E-state index is 13.5. The summed E-state index contributed by atoms with van der Waals surface area (Å²) in [6.07, 6.45) is 13.3. The highest BCUT2D eigenvalue weighted by Crippen LogP contribution is 2.57. The lowest BCUT2D eigenvalue weighted by atomic mass is 9.54. The number of anilines is 1. The van der Waals surface area contributed by atoms with Crippen molar-refractivity contribution in [2.75, 3.05) is 5.32 Å². The molecule has 5 aliphatic carbocycles. The number of hydrogen-bond donors (Lipinski definition) is 3. The molecule has 36 heavy (non-hydrogen) atoms. The Morgan fingerprint density at radius 1 is 1.08 bits per heavy atom. The zero-order valence-corrected chi connectivity index (χ0v) is 21.1. The van der Waals surface area contributed by atoms with Gasteiger partial charge >= 0.3 is 5.97 Å². The van der Waals surface area contributed by atoms with Crippen molar-refractivity contribution in [2.24, 2.45) is 17.8 Å². The number of aromatic amines is 1. The van der Waals surface area contributed by atoms with E-state index in [9.17, 15) is 14.7 Å². The van der Waals surface area contributed by atoms with E-state index in [0.29, 0.717) is 29.5 Å². The number of carbonyl (C=O) groups is 2. The lowest BCUT2D eigenvalue weighted by molar-refractivity contribution is -0.169. The molecule has 0 saturated heterocycles. The van der Waals surface area contributed by atoms with Crippen LogP contribution in [0.2, 0.25) is 0 Å². The minimum absolute atomic E-state index is 0.0506. The number of rotatable bonds is 7. The van der Waals surface area contributed by atoms with Gasteiger partial charge in [-0.2, -0.15) is 0 Å². The SMILES string of the molecule is Cc1c(NC(=O)c2nc(C3CCCCC3)[nH]c2COC23CC4CC(CC(C4)C2)C3)cccc1C(=O)O. The van der Waals surface area contributed by atoms with Crippen LogP contribution in [-0.2, 0) is 11.3 Å². The molecule has 5 saturated carbocycles. The summed E-state index contributed by atoms with van der Waals surface area (Å²) in [7, 11) is 0. The van der Waals surface area contributed by atoms with E-state index >= 15 is 0 Å². The van der Waals surface area contributed by atoms with Crippen LogP contribution in [0.25, 0.3) is 0 Å². The van der Waals surface area contributed by atoms with Gasteiger partial charge in [0.05, 0.1) is 23.5 Å². The molecule has 2 aromatic rings. The number of hydrogen-bond acceptors (Lipinski definition) is 4. The van der Waals surface area contributed by atoms with Crippen LogP contribution >= 0.6 is 0 Å². The number of ether oxygens (including phenoxy) is 1. The first-order valence-electron chi connectivity index (χ1n) is 13.8. The van der Waals surface area contributed by atoms with Crippen molar-refractivity contribution in [2.45, 2.75) is 95.7 Å². The number of aromatic nitrogens is 2. The minimum atomic E-state index is -1.01. The van der Waals surface area contributed by atoms with Crippen LogP contribution in [0.4, 0.5) is 5.69 Å². The van der Waals surface area contributed by atoms with Crippen molar-refractivity contribution in [1.82, 2.24) is 9.97 Å². The third kappa shape index (κ3) is 4.47. The minimum Gasteiger partial charge on any atom is -0.478 e. The van der Waals surface area contributed by atoms with E-state index in [1.165, 1.54) is 38.5 Å². The van der Waals surface area contributed by atoms with E-state index in [0.717, 1.165) is 61.4 Å². The Labute approximate surface area is 212 Å². The number of carboxylic acids is 1. The number of nitrogens with one attached hydrogen (secondary N) is 2. The van der Waals surface area contributed by atoms with Gasteiger partial charge in [0.1, 0.15) is 5.82 Å². The molecule has 1 amide bonds. The van der Waals surface area contributed by atoms with Gasteiger partial charge in [-0.05, 0) is 93.7 Å². The van der Waals surface area contributed by atoms with Crippen molar-refractivity contribution in [3.05, 3.63) is 46.5 Å². The second-order valence-corrected chi connectivity index (χ2v) is 11.9. The summed E-state index contributed by atoms with van der Waals surface area (Å²) in [5.41, 5.74) is 2.28. The molecule has 0 radical (unpaired) electrons. The van der Waals surface area contributed by atoms with Gasteiger partial charge in [-0.1, -0.05) is 25.3 Å². The number of carboxylic acid groups (broad SMARTS) is 1. The highest BCUT2D eigenvalue weighted by atomic mass is 16.5. The first kappa shape index (κ1) is 23.7. The van der Waals surface area contributed by atoms with Crippen molar-refractivity contribution in [3.63, 3.8) is 0 Å². The number of benzene rings is 1. The van der Waals surface area contributed by atoms with E-state index < -0.39 is 5.97 Å². The number of nitrogens with zero attached hydrogens (tertiary/aromatic N) is 1. The number of amides is 1. The number of carbonyl (C=O) groups excluding carboxylic acids is 1. The maximum Gasteiger partial charge on any atom is 0.336 e. The monoisotopic (exact) mass is 491 g/mol. The molecule has 0 spiro atoms. The van der Waals surface area contributed by atoms with Gasteiger partial charge in [-0.25, -0.2) is 9.78 Å². The van der Waals surface area contributed by atoms with Crippen LogP contribution < -0.4 is 5.32 Å². The molecule has 0 unspecified atom stereocenters. The highest BCUT2D eigenvalue weighted by Gasteiger charge is 2.51. The molecule has 7 nitrogen and oxygen atoms in total. The maximum atomic E-state index is 13.5. The molecule has 192 valence electrons. The molecule has 1 heterocycles. The standard InChI is InChI=1S/C29H37N3O4/c1-17-22(28(34)35)8-5-9-23(17)31-27(33)25-24(30-26(32-25)21-6-3-2-4-7-21)16-36-29-13-18-10-19(14-29)12-20(11-18)15-29/h5,8-9,18-21H,2-4,6-7,10-16H2,1H3,(H,30,32)(H,31,33)(H,34,35). The fourth-order valence-corrected chi connectivity index (χ4v) is 7.91. The van der Waals surface area contributed by atoms with E-state index in [2.05, 4.69) is 10.3 Å². The predicted molar refractivity (Wildman–Crippen MR) is 136 cm³/mol. The summed E-state index contributed by atoms with van der Waals surface area (Å²) in [6, 6.07) is 4.94. The molecule has 1 aromatic heterocycles. The molecule has 7 heteroatoms. The van der Waals surface area contributed by atoms with Crippen LogP contribution in [0.15, 0.2) is 18.2 Å². The molecule has 5 fully saturated rings. The summed E-state index contributed by atoms with van der Waals surface area (Å²) >= 11 is 0. The van der Waals surface area contributed by atoms with Gasteiger partial charge in [0.15, 0.2) is 5.69 Å². The lowest BCUT2D eigenvalue weighted by Crippen LogP contribution is -2.51.